The second-order valence-corrected chi connectivity index (χ2v) is 5.63. The van der Waals surface area contributed by atoms with Gasteiger partial charge in [0.05, 0.1) is 10.6 Å². The van der Waals surface area contributed by atoms with E-state index in [9.17, 15) is 4.79 Å². The molecule has 1 amide bonds. The molecule has 1 aromatic carbocycles. The van der Waals surface area contributed by atoms with Crippen LogP contribution in [0, 0.1) is 0 Å². The molecule has 0 spiro atoms. The van der Waals surface area contributed by atoms with Gasteiger partial charge in [-0.25, -0.2) is 0 Å². The lowest BCUT2D eigenvalue weighted by atomic mass is 10.2. The molecule has 0 bridgehead atoms. The average molecular weight is 343 g/mol. The predicted octanol–water partition coefficient (Wildman–Crippen LogP) is 3.10. The maximum Gasteiger partial charge on any atom is 0.311 e. The number of likely N-dealkylation sites (N-methyl/N-ethyl adjacent to an activating group) is 1. The summed E-state index contributed by atoms with van der Waals surface area (Å²) in [4.78, 5) is 17.9. The van der Waals surface area contributed by atoms with Crippen molar-refractivity contribution in [3.63, 3.8) is 0 Å². The van der Waals surface area contributed by atoms with Crippen molar-refractivity contribution in [2.45, 2.75) is 6.42 Å². The first-order chi connectivity index (χ1) is 11.6. The summed E-state index contributed by atoms with van der Waals surface area (Å²) in [7, 11) is 1.70. The van der Waals surface area contributed by atoms with Crippen LogP contribution in [0.3, 0.4) is 0 Å². The lowest BCUT2D eigenvalue weighted by molar-refractivity contribution is 0.0758. The van der Waals surface area contributed by atoms with Crippen molar-refractivity contribution in [1.29, 1.82) is 0 Å². The summed E-state index contributed by atoms with van der Waals surface area (Å²) in [6.45, 7) is 0.534. The summed E-state index contributed by atoms with van der Waals surface area (Å²) in [6, 6.07) is 10.9. The Morgan fingerprint density at radius 3 is 2.67 bits per heavy atom. The number of hydrogen-bond donors (Lipinski definition) is 0. The van der Waals surface area contributed by atoms with Crippen LogP contribution >= 0.6 is 11.6 Å². The third kappa shape index (κ3) is 3.60. The Balaban J connectivity index is 1.68. The number of hydrogen-bond acceptors (Lipinski definition) is 5. The molecule has 0 fully saturated rings. The Bertz CT molecular complexity index is 835. The molecule has 0 aliphatic rings. The molecule has 0 N–H and O–H groups in total. The zero-order valence-corrected chi connectivity index (χ0v) is 13.8. The van der Waals surface area contributed by atoms with E-state index in [1.165, 1.54) is 0 Å². The highest BCUT2D eigenvalue weighted by Crippen LogP contribution is 2.26. The van der Waals surface area contributed by atoms with Gasteiger partial charge in [0.2, 0.25) is 5.89 Å². The Morgan fingerprint density at radius 1 is 1.17 bits per heavy atom. The third-order valence-corrected chi connectivity index (χ3v) is 3.87. The van der Waals surface area contributed by atoms with E-state index in [0.717, 1.165) is 12.0 Å². The van der Waals surface area contributed by atoms with Gasteiger partial charge in [-0.1, -0.05) is 23.7 Å². The number of rotatable bonds is 5. The molecule has 2 heterocycles. The van der Waals surface area contributed by atoms with E-state index in [4.69, 9.17) is 16.0 Å². The third-order valence-electron chi connectivity index (χ3n) is 3.54. The SMILES string of the molecule is CN(CCc1ccncc1)C(=O)c1nnc(-c2ccccc2Cl)o1. The van der Waals surface area contributed by atoms with Gasteiger partial charge in [-0.3, -0.25) is 9.78 Å². The van der Waals surface area contributed by atoms with E-state index < -0.39 is 0 Å². The summed E-state index contributed by atoms with van der Waals surface area (Å²) in [5.74, 6) is -0.150. The summed E-state index contributed by atoms with van der Waals surface area (Å²) in [5, 5.41) is 8.24. The number of pyridine rings is 1. The normalized spacial score (nSPS) is 10.6. The monoisotopic (exact) mass is 342 g/mol. The van der Waals surface area contributed by atoms with Crippen molar-refractivity contribution in [2.75, 3.05) is 13.6 Å². The molecule has 7 heteroatoms. The smallest absolute Gasteiger partial charge is 0.311 e. The number of carbonyl (C=O) groups excluding carboxylic acids is 1. The molecule has 0 radical (unpaired) electrons. The van der Waals surface area contributed by atoms with Gasteiger partial charge >= 0.3 is 11.8 Å². The maximum absolute atomic E-state index is 12.4. The van der Waals surface area contributed by atoms with Crippen LogP contribution in [0.4, 0.5) is 0 Å². The molecule has 0 unspecified atom stereocenters. The zero-order chi connectivity index (χ0) is 16.9. The van der Waals surface area contributed by atoms with Crippen molar-refractivity contribution >= 4 is 17.5 Å². The molecule has 0 atom stereocenters. The highest BCUT2D eigenvalue weighted by Gasteiger charge is 2.20. The van der Waals surface area contributed by atoms with Crippen molar-refractivity contribution in [3.8, 4) is 11.5 Å². The zero-order valence-electron chi connectivity index (χ0n) is 13.0. The van der Waals surface area contributed by atoms with Gasteiger partial charge in [0, 0.05) is 26.0 Å². The van der Waals surface area contributed by atoms with Gasteiger partial charge < -0.3 is 9.32 Å². The van der Waals surface area contributed by atoms with Gasteiger partial charge in [0.15, 0.2) is 0 Å². The van der Waals surface area contributed by atoms with E-state index in [1.807, 2.05) is 18.2 Å². The highest BCUT2D eigenvalue weighted by molar-refractivity contribution is 6.33. The quantitative estimate of drug-likeness (QED) is 0.712. The number of benzene rings is 1. The van der Waals surface area contributed by atoms with E-state index in [0.29, 0.717) is 17.1 Å². The molecule has 24 heavy (non-hydrogen) atoms. The van der Waals surface area contributed by atoms with Gasteiger partial charge in [-0.15, -0.1) is 10.2 Å². The molecule has 6 nitrogen and oxygen atoms in total. The standard InChI is InChI=1S/C17H15ClN4O2/c1-22(11-8-12-6-9-19-10-7-12)17(23)16-21-20-15(24-16)13-4-2-3-5-14(13)18/h2-7,9-10H,8,11H2,1H3. The van der Waals surface area contributed by atoms with Gasteiger partial charge in [0.25, 0.3) is 0 Å². The Kier molecular flexibility index (Phi) is 4.86. The largest absolute Gasteiger partial charge is 0.412 e. The lowest BCUT2D eigenvalue weighted by Crippen LogP contribution is -2.29. The van der Waals surface area contributed by atoms with E-state index in [-0.39, 0.29) is 17.7 Å². The maximum atomic E-state index is 12.4. The summed E-state index contributed by atoms with van der Waals surface area (Å²) < 4.78 is 5.48. The Hall–Kier alpha value is -2.73. The number of halogens is 1. The first-order valence-corrected chi connectivity index (χ1v) is 7.75. The molecule has 2 aromatic heterocycles. The molecular weight excluding hydrogens is 328 g/mol. The molecule has 0 saturated heterocycles. The first-order valence-electron chi connectivity index (χ1n) is 7.38. The van der Waals surface area contributed by atoms with Gasteiger partial charge in [-0.2, -0.15) is 0 Å². The van der Waals surface area contributed by atoms with Crippen LogP contribution < -0.4 is 0 Å². The highest BCUT2D eigenvalue weighted by atomic mass is 35.5. The average Bonchev–Trinajstić information content (AvgIpc) is 3.10. The fourth-order valence-corrected chi connectivity index (χ4v) is 2.38. The van der Waals surface area contributed by atoms with Crippen LogP contribution in [0.2, 0.25) is 5.02 Å². The minimum absolute atomic E-state index is 0.0536. The molecule has 0 aliphatic heterocycles. The Labute approximate surface area is 144 Å². The van der Waals surface area contributed by atoms with Crippen molar-refractivity contribution in [1.82, 2.24) is 20.1 Å². The van der Waals surface area contributed by atoms with Crippen LogP contribution in [-0.4, -0.2) is 39.6 Å². The second kappa shape index (κ2) is 7.23. The number of nitrogens with zero attached hydrogens (tertiary/aromatic N) is 4. The minimum atomic E-state index is -0.324. The molecule has 0 aliphatic carbocycles. The fraction of sp³-hybridized carbons (Fsp3) is 0.176. The van der Waals surface area contributed by atoms with E-state index in [2.05, 4.69) is 15.2 Å². The van der Waals surface area contributed by atoms with Crippen LogP contribution in [0.25, 0.3) is 11.5 Å². The number of carbonyl (C=O) groups is 1. The van der Waals surface area contributed by atoms with Crippen LogP contribution in [0.1, 0.15) is 16.2 Å². The topological polar surface area (TPSA) is 72.1 Å². The van der Waals surface area contributed by atoms with Crippen LogP contribution in [0.15, 0.2) is 53.2 Å². The summed E-state index contributed by atoms with van der Waals surface area (Å²) in [6.07, 6.45) is 4.17. The predicted molar refractivity (Wildman–Crippen MR) is 89.6 cm³/mol. The summed E-state index contributed by atoms with van der Waals surface area (Å²) >= 11 is 6.10. The molecule has 3 aromatic rings. The first kappa shape index (κ1) is 16.1. The van der Waals surface area contributed by atoms with Crippen molar-refractivity contribution in [3.05, 3.63) is 65.3 Å². The van der Waals surface area contributed by atoms with Gasteiger partial charge in [0.1, 0.15) is 0 Å². The van der Waals surface area contributed by atoms with Crippen LogP contribution in [-0.2, 0) is 6.42 Å². The van der Waals surface area contributed by atoms with E-state index in [1.54, 1.807) is 42.5 Å². The van der Waals surface area contributed by atoms with Crippen LogP contribution in [0.5, 0.6) is 0 Å². The number of amides is 1. The summed E-state index contributed by atoms with van der Waals surface area (Å²) in [5.41, 5.74) is 1.71. The Morgan fingerprint density at radius 2 is 1.92 bits per heavy atom. The molecule has 122 valence electrons. The van der Waals surface area contributed by atoms with Crippen molar-refractivity contribution < 1.29 is 9.21 Å². The fourth-order valence-electron chi connectivity index (χ4n) is 2.16. The molecule has 0 saturated carbocycles. The minimum Gasteiger partial charge on any atom is -0.412 e. The van der Waals surface area contributed by atoms with Crippen molar-refractivity contribution in [2.24, 2.45) is 0 Å². The second-order valence-electron chi connectivity index (χ2n) is 5.22. The van der Waals surface area contributed by atoms with Gasteiger partial charge in [-0.05, 0) is 36.2 Å². The van der Waals surface area contributed by atoms with E-state index >= 15 is 0 Å². The molecular formula is C17H15ClN4O2. The lowest BCUT2D eigenvalue weighted by Gasteiger charge is -2.14. The number of aromatic nitrogens is 3. The molecule has 3 rings (SSSR count).